The molecule has 0 atom stereocenters. The first-order chi connectivity index (χ1) is 22.3. The zero-order chi connectivity index (χ0) is 29.5. The van der Waals surface area contributed by atoms with Crippen LogP contribution in [-0.2, 0) is 0 Å². The first-order valence-electron chi connectivity index (χ1n) is 15.5. The predicted molar refractivity (Wildman–Crippen MR) is 194 cm³/mol. The first kappa shape index (κ1) is 25.0. The van der Waals surface area contributed by atoms with Gasteiger partial charge >= 0.3 is 0 Å². The van der Waals surface area contributed by atoms with Crippen LogP contribution in [0, 0.1) is 0 Å². The van der Waals surface area contributed by atoms with Crippen LogP contribution in [0.15, 0.2) is 168 Å². The number of fused-ring (bicyclic) bond motifs is 7. The number of rotatable bonds is 2. The average Bonchev–Trinajstić information content (AvgIpc) is 3.10. The molecule has 10 rings (SSSR count). The van der Waals surface area contributed by atoms with E-state index in [9.17, 15) is 0 Å². The Hall–Kier alpha value is -5.37. The zero-order valence-corrected chi connectivity index (χ0v) is 25.2. The van der Waals surface area contributed by atoms with Crippen LogP contribution >= 0.6 is 11.8 Å². The van der Waals surface area contributed by atoms with Gasteiger partial charge in [-0.05, 0) is 88.4 Å². The lowest BCUT2D eigenvalue weighted by molar-refractivity contribution is 1.42. The smallest absolute Gasteiger partial charge is 0.0213 e. The molecule has 0 spiro atoms. The minimum Gasteiger partial charge on any atom is -0.0887 e. The molecule has 9 aromatic carbocycles. The van der Waals surface area contributed by atoms with E-state index in [1.165, 1.54) is 97.0 Å². The Kier molecular flexibility index (Phi) is 5.31. The van der Waals surface area contributed by atoms with Gasteiger partial charge in [-0.25, -0.2) is 0 Å². The van der Waals surface area contributed by atoms with Crippen LogP contribution in [0.4, 0.5) is 0 Å². The monoisotopic (exact) mass is 586 g/mol. The fourth-order valence-corrected chi connectivity index (χ4v) is 9.00. The molecule has 9 aromatic rings. The van der Waals surface area contributed by atoms with Gasteiger partial charge in [0.15, 0.2) is 0 Å². The fraction of sp³-hybridized carbons (Fsp3) is 0. The van der Waals surface area contributed by atoms with E-state index in [1.54, 1.807) is 0 Å². The van der Waals surface area contributed by atoms with E-state index in [4.69, 9.17) is 0 Å². The van der Waals surface area contributed by atoms with Gasteiger partial charge in [0.2, 0.25) is 0 Å². The maximum Gasteiger partial charge on any atom is 0.0213 e. The highest BCUT2D eigenvalue weighted by Crippen LogP contribution is 2.54. The summed E-state index contributed by atoms with van der Waals surface area (Å²) >= 11 is 1.91. The van der Waals surface area contributed by atoms with Crippen LogP contribution in [0.5, 0.6) is 0 Å². The Morgan fingerprint density at radius 1 is 0.289 bits per heavy atom. The summed E-state index contributed by atoms with van der Waals surface area (Å²) in [5.41, 5.74) is 7.87. The molecule has 0 aliphatic carbocycles. The van der Waals surface area contributed by atoms with E-state index in [0.717, 1.165) is 0 Å². The van der Waals surface area contributed by atoms with Gasteiger partial charge < -0.3 is 0 Å². The number of hydrogen-bond acceptors (Lipinski definition) is 1. The fourth-order valence-electron chi connectivity index (χ4n) is 7.79. The maximum absolute atomic E-state index is 2.48. The Labute approximate surface area is 265 Å². The average molecular weight is 587 g/mol. The van der Waals surface area contributed by atoms with Crippen molar-refractivity contribution < 1.29 is 0 Å². The van der Waals surface area contributed by atoms with Crippen molar-refractivity contribution in [3.8, 4) is 33.4 Å². The highest BCUT2D eigenvalue weighted by atomic mass is 32.2. The highest BCUT2D eigenvalue weighted by molar-refractivity contribution is 7.99. The normalized spacial score (nSPS) is 12.4. The second-order valence-corrected chi connectivity index (χ2v) is 13.1. The summed E-state index contributed by atoms with van der Waals surface area (Å²) in [6.45, 7) is 0. The molecule has 0 radical (unpaired) electrons. The summed E-state index contributed by atoms with van der Waals surface area (Å²) in [7, 11) is 0. The molecule has 0 N–H and O–H groups in total. The van der Waals surface area contributed by atoms with Crippen molar-refractivity contribution in [3.63, 3.8) is 0 Å². The van der Waals surface area contributed by atoms with Gasteiger partial charge in [0.1, 0.15) is 0 Å². The molecule has 0 nitrogen and oxygen atoms in total. The van der Waals surface area contributed by atoms with Crippen molar-refractivity contribution in [3.05, 3.63) is 158 Å². The van der Waals surface area contributed by atoms with Gasteiger partial charge in [0.05, 0.1) is 0 Å². The molecular formula is C44H26S. The molecule has 0 amide bonds. The van der Waals surface area contributed by atoms with E-state index in [2.05, 4.69) is 158 Å². The van der Waals surface area contributed by atoms with Crippen LogP contribution in [-0.4, -0.2) is 0 Å². The van der Waals surface area contributed by atoms with E-state index in [-0.39, 0.29) is 0 Å². The lowest BCUT2D eigenvalue weighted by Gasteiger charge is -2.25. The molecule has 1 aliphatic heterocycles. The van der Waals surface area contributed by atoms with Gasteiger partial charge in [-0.3, -0.25) is 0 Å². The molecule has 0 fully saturated rings. The van der Waals surface area contributed by atoms with Gasteiger partial charge in [-0.15, -0.1) is 0 Å². The molecule has 0 unspecified atom stereocenters. The second-order valence-electron chi connectivity index (χ2n) is 12.0. The van der Waals surface area contributed by atoms with Crippen molar-refractivity contribution in [2.45, 2.75) is 9.79 Å². The Morgan fingerprint density at radius 3 is 1.42 bits per heavy atom. The predicted octanol–water partition coefficient (Wildman–Crippen LogP) is 12.9. The Bertz CT molecular complexity index is 2610. The quantitative estimate of drug-likeness (QED) is 0.182. The standard InChI is InChI=1S/C44H26S/c1-2-16-29-27(12-1)13-9-23-31(29)42-33-19-5-7-21-35(33)43(36-22-8-6-20-34(36)42)38-26-40-44(32-18-4-3-17-30(32)38)37-24-10-14-28-15-11-25-39(45-40)41(28)37/h1-26H. The van der Waals surface area contributed by atoms with Crippen molar-refractivity contribution >= 4 is 65.6 Å². The largest absolute Gasteiger partial charge is 0.0887 e. The van der Waals surface area contributed by atoms with E-state index >= 15 is 0 Å². The summed E-state index contributed by atoms with van der Waals surface area (Å²) in [4.78, 5) is 2.65. The molecule has 0 saturated heterocycles. The van der Waals surface area contributed by atoms with Crippen LogP contribution in [0.1, 0.15) is 0 Å². The van der Waals surface area contributed by atoms with Gasteiger partial charge in [-0.2, -0.15) is 0 Å². The van der Waals surface area contributed by atoms with Gasteiger partial charge in [-0.1, -0.05) is 157 Å². The number of benzene rings is 9. The van der Waals surface area contributed by atoms with E-state index < -0.39 is 0 Å². The SMILES string of the molecule is c1ccc2c(-c3c4ccccc4c(-c4cc5c(c6ccccc46)-c4cccc6cccc(c46)S5)c4ccccc34)cccc2c1. The van der Waals surface area contributed by atoms with Crippen LogP contribution in [0.3, 0.4) is 0 Å². The summed E-state index contributed by atoms with van der Waals surface area (Å²) < 4.78 is 0. The summed E-state index contributed by atoms with van der Waals surface area (Å²) in [6, 6.07) is 58.4. The third-order valence-electron chi connectivity index (χ3n) is 9.62. The van der Waals surface area contributed by atoms with Crippen molar-refractivity contribution in [1.29, 1.82) is 0 Å². The topological polar surface area (TPSA) is 0 Å². The minimum absolute atomic E-state index is 1.26. The van der Waals surface area contributed by atoms with Crippen LogP contribution in [0.25, 0.3) is 87.2 Å². The van der Waals surface area contributed by atoms with Crippen LogP contribution < -0.4 is 0 Å². The maximum atomic E-state index is 2.48. The molecule has 208 valence electrons. The van der Waals surface area contributed by atoms with Gasteiger partial charge in [0, 0.05) is 20.7 Å². The van der Waals surface area contributed by atoms with Crippen molar-refractivity contribution in [2.75, 3.05) is 0 Å². The van der Waals surface area contributed by atoms with E-state index in [1.807, 2.05) is 11.8 Å². The molecule has 1 heteroatoms. The highest BCUT2D eigenvalue weighted by Gasteiger charge is 2.25. The molecule has 1 aliphatic rings. The summed E-state index contributed by atoms with van der Waals surface area (Å²) in [5.74, 6) is 0. The summed E-state index contributed by atoms with van der Waals surface area (Å²) in [5, 5.41) is 13.0. The van der Waals surface area contributed by atoms with Crippen molar-refractivity contribution in [2.24, 2.45) is 0 Å². The molecule has 1 heterocycles. The molecule has 0 saturated carbocycles. The van der Waals surface area contributed by atoms with Crippen LogP contribution in [0.2, 0.25) is 0 Å². The summed E-state index contributed by atoms with van der Waals surface area (Å²) in [6.07, 6.45) is 0. The molecule has 0 bridgehead atoms. The Morgan fingerprint density at radius 2 is 0.756 bits per heavy atom. The second kappa shape index (κ2) is 9.56. The molecule has 45 heavy (non-hydrogen) atoms. The molecule has 0 aromatic heterocycles. The lowest BCUT2D eigenvalue weighted by atomic mass is 9.82. The first-order valence-corrected chi connectivity index (χ1v) is 16.3. The zero-order valence-electron chi connectivity index (χ0n) is 24.4. The minimum atomic E-state index is 1.26. The Balaban J connectivity index is 1.36. The van der Waals surface area contributed by atoms with E-state index in [0.29, 0.717) is 0 Å². The third-order valence-corrected chi connectivity index (χ3v) is 10.7. The third kappa shape index (κ3) is 3.56. The molecular weight excluding hydrogens is 561 g/mol. The van der Waals surface area contributed by atoms with Gasteiger partial charge in [0.25, 0.3) is 0 Å². The lowest BCUT2D eigenvalue weighted by Crippen LogP contribution is -1.97. The number of hydrogen-bond donors (Lipinski definition) is 0. The van der Waals surface area contributed by atoms with Crippen molar-refractivity contribution in [1.82, 2.24) is 0 Å².